The summed E-state index contributed by atoms with van der Waals surface area (Å²) in [4.78, 5) is 30.3. The number of benzene rings is 2. The number of ketones is 1. The number of hydrogen-bond donors (Lipinski definition) is 1. The van der Waals surface area contributed by atoms with Crippen molar-refractivity contribution in [3.8, 4) is 17.2 Å². The summed E-state index contributed by atoms with van der Waals surface area (Å²) in [5.74, 6) is -0.00486. The molecular weight excluding hydrogens is 460 g/mol. The summed E-state index contributed by atoms with van der Waals surface area (Å²) in [6.45, 7) is 9.23. The topological polar surface area (TPSA) is 88.5 Å². The minimum absolute atomic E-state index is 0.0411. The van der Waals surface area contributed by atoms with Crippen LogP contribution in [0.2, 0.25) is 0 Å². The zero-order valence-corrected chi connectivity index (χ0v) is 21.7. The lowest BCUT2D eigenvalue weighted by Gasteiger charge is -2.28. The van der Waals surface area contributed by atoms with Gasteiger partial charge in [-0.2, -0.15) is 0 Å². The Morgan fingerprint density at radius 2 is 1.72 bits per heavy atom. The van der Waals surface area contributed by atoms with Gasteiger partial charge in [0.2, 0.25) is 0 Å². The minimum Gasteiger partial charge on any atom is -0.507 e. The molecule has 0 saturated carbocycles. The van der Waals surface area contributed by atoms with Crippen LogP contribution in [-0.2, 0) is 9.59 Å². The van der Waals surface area contributed by atoms with Gasteiger partial charge >= 0.3 is 0 Å². The SMILES string of the molecule is CCCOc1cccc(C(O)=C2C(=O)C(=O)N(CCN(CC)CC)C2c2ccc(OC)c(OC)c2)c1. The van der Waals surface area contributed by atoms with Crippen molar-refractivity contribution in [2.45, 2.75) is 33.2 Å². The Morgan fingerprint density at radius 3 is 2.36 bits per heavy atom. The Kier molecular flexibility index (Phi) is 9.36. The van der Waals surface area contributed by atoms with Crippen molar-refractivity contribution in [2.24, 2.45) is 0 Å². The fourth-order valence-electron chi connectivity index (χ4n) is 4.38. The van der Waals surface area contributed by atoms with E-state index in [0.717, 1.165) is 19.5 Å². The standard InChI is InChI=1S/C28H36N2O6/c1-6-16-36-21-11-9-10-20(17-21)26(31)24-25(19-12-13-22(34-4)23(18-19)35-5)30(28(33)27(24)32)15-14-29(7-2)8-3/h9-13,17-18,25,31H,6-8,14-16H2,1-5H3. The van der Waals surface area contributed by atoms with Crippen LogP contribution in [0.1, 0.15) is 44.4 Å². The van der Waals surface area contributed by atoms with Crippen LogP contribution >= 0.6 is 0 Å². The molecule has 1 aliphatic rings. The number of hydrogen-bond acceptors (Lipinski definition) is 7. The predicted octanol–water partition coefficient (Wildman–Crippen LogP) is 4.26. The van der Waals surface area contributed by atoms with Crippen molar-refractivity contribution in [3.63, 3.8) is 0 Å². The van der Waals surface area contributed by atoms with Crippen LogP contribution in [0.3, 0.4) is 0 Å². The third-order valence-corrected chi connectivity index (χ3v) is 6.40. The van der Waals surface area contributed by atoms with Crippen LogP contribution in [0, 0.1) is 0 Å². The fraction of sp³-hybridized carbons (Fsp3) is 0.429. The average Bonchev–Trinajstić information content (AvgIpc) is 3.16. The maximum absolute atomic E-state index is 13.3. The van der Waals surface area contributed by atoms with Gasteiger partial charge in [0.25, 0.3) is 11.7 Å². The smallest absolute Gasteiger partial charge is 0.295 e. The first-order chi connectivity index (χ1) is 17.4. The second-order valence-corrected chi connectivity index (χ2v) is 8.51. The maximum Gasteiger partial charge on any atom is 0.295 e. The molecule has 0 aliphatic carbocycles. The zero-order chi connectivity index (χ0) is 26.2. The Bertz CT molecular complexity index is 1110. The van der Waals surface area contributed by atoms with E-state index < -0.39 is 17.7 Å². The first kappa shape index (κ1) is 27.1. The van der Waals surface area contributed by atoms with Crippen LogP contribution in [0.15, 0.2) is 48.0 Å². The van der Waals surface area contributed by atoms with Gasteiger partial charge in [-0.3, -0.25) is 9.59 Å². The molecule has 0 aromatic heterocycles. The third-order valence-electron chi connectivity index (χ3n) is 6.40. The van der Waals surface area contributed by atoms with E-state index in [9.17, 15) is 14.7 Å². The molecule has 1 N–H and O–H groups in total. The van der Waals surface area contributed by atoms with Crippen molar-refractivity contribution < 1.29 is 28.9 Å². The largest absolute Gasteiger partial charge is 0.507 e. The molecule has 0 spiro atoms. The van der Waals surface area contributed by atoms with E-state index in [1.165, 1.54) is 12.0 Å². The zero-order valence-electron chi connectivity index (χ0n) is 21.7. The van der Waals surface area contributed by atoms with Gasteiger partial charge in [-0.1, -0.05) is 39.0 Å². The summed E-state index contributed by atoms with van der Waals surface area (Å²) in [6.07, 6.45) is 0.840. The highest BCUT2D eigenvalue weighted by atomic mass is 16.5. The van der Waals surface area contributed by atoms with Crippen molar-refractivity contribution in [1.29, 1.82) is 0 Å². The Balaban J connectivity index is 2.13. The molecule has 1 unspecified atom stereocenters. The van der Waals surface area contributed by atoms with Gasteiger partial charge < -0.3 is 29.1 Å². The molecule has 8 nitrogen and oxygen atoms in total. The third kappa shape index (κ3) is 5.65. The van der Waals surface area contributed by atoms with Crippen molar-refractivity contribution in [3.05, 3.63) is 59.2 Å². The van der Waals surface area contributed by atoms with Crippen LogP contribution in [0.25, 0.3) is 5.76 Å². The Labute approximate surface area is 213 Å². The second-order valence-electron chi connectivity index (χ2n) is 8.51. The van der Waals surface area contributed by atoms with Gasteiger partial charge in [-0.05, 0) is 49.3 Å². The lowest BCUT2D eigenvalue weighted by molar-refractivity contribution is -0.140. The molecule has 194 valence electrons. The highest BCUT2D eigenvalue weighted by Gasteiger charge is 2.46. The molecule has 1 amide bonds. The summed E-state index contributed by atoms with van der Waals surface area (Å²) in [7, 11) is 3.07. The van der Waals surface area contributed by atoms with Crippen LogP contribution in [0.5, 0.6) is 17.2 Å². The van der Waals surface area contributed by atoms with E-state index in [2.05, 4.69) is 18.7 Å². The average molecular weight is 497 g/mol. The molecule has 1 saturated heterocycles. The van der Waals surface area contributed by atoms with Crippen LogP contribution in [0.4, 0.5) is 0 Å². The first-order valence-electron chi connectivity index (χ1n) is 12.4. The number of aliphatic hydroxyl groups excluding tert-OH is 1. The van der Waals surface area contributed by atoms with Crippen molar-refractivity contribution in [2.75, 3.05) is 47.0 Å². The lowest BCUT2D eigenvalue weighted by Crippen LogP contribution is -2.38. The molecule has 1 aliphatic heterocycles. The van der Waals surface area contributed by atoms with E-state index in [1.54, 1.807) is 49.6 Å². The number of likely N-dealkylation sites (N-methyl/N-ethyl adjacent to an activating group) is 1. The molecule has 1 heterocycles. The molecule has 8 heteroatoms. The van der Waals surface area contributed by atoms with Gasteiger partial charge in [0.15, 0.2) is 11.5 Å². The summed E-state index contributed by atoms with van der Waals surface area (Å²) in [5, 5.41) is 11.4. The second kappa shape index (κ2) is 12.4. The molecule has 36 heavy (non-hydrogen) atoms. The van der Waals surface area contributed by atoms with E-state index in [-0.39, 0.29) is 11.3 Å². The number of likely N-dealkylation sites (tertiary alicyclic amines) is 1. The van der Waals surface area contributed by atoms with Gasteiger partial charge in [-0.15, -0.1) is 0 Å². The molecule has 2 aromatic carbocycles. The molecule has 2 aromatic rings. The molecule has 1 fully saturated rings. The van der Waals surface area contributed by atoms with Crippen molar-refractivity contribution in [1.82, 2.24) is 9.80 Å². The monoisotopic (exact) mass is 496 g/mol. The molecule has 1 atom stereocenters. The number of carbonyl (C=O) groups excluding carboxylic acids is 2. The molecular formula is C28H36N2O6. The van der Waals surface area contributed by atoms with Crippen LogP contribution in [-0.4, -0.2) is 73.6 Å². The summed E-state index contributed by atoms with van der Waals surface area (Å²) in [5.41, 5.74) is 1.10. The number of nitrogens with zero attached hydrogens (tertiary/aromatic N) is 2. The Hall–Kier alpha value is -3.52. The predicted molar refractivity (Wildman–Crippen MR) is 139 cm³/mol. The highest BCUT2D eigenvalue weighted by Crippen LogP contribution is 2.42. The summed E-state index contributed by atoms with van der Waals surface area (Å²) >= 11 is 0. The number of methoxy groups -OCH3 is 2. The molecule has 0 bridgehead atoms. The minimum atomic E-state index is -0.777. The quantitative estimate of drug-likeness (QED) is 0.267. The maximum atomic E-state index is 13.3. The normalized spacial score (nSPS) is 17.1. The highest BCUT2D eigenvalue weighted by molar-refractivity contribution is 6.46. The molecule has 3 rings (SSSR count). The number of amides is 1. The van der Waals surface area contributed by atoms with E-state index in [4.69, 9.17) is 14.2 Å². The Morgan fingerprint density at radius 1 is 1.00 bits per heavy atom. The number of Topliss-reactive ketones (excluding diaryl/α,β-unsaturated/α-hetero) is 1. The number of carbonyl (C=O) groups is 2. The van der Waals surface area contributed by atoms with Gasteiger partial charge in [-0.25, -0.2) is 0 Å². The number of ether oxygens (including phenoxy) is 3. The van der Waals surface area contributed by atoms with E-state index >= 15 is 0 Å². The summed E-state index contributed by atoms with van der Waals surface area (Å²) < 4.78 is 16.5. The molecule has 0 radical (unpaired) electrons. The van der Waals surface area contributed by atoms with E-state index in [1.807, 2.05) is 6.92 Å². The number of aliphatic hydroxyl groups is 1. The first-order valence-corrected chi connectivity index (χ1v) is 12.4. The van der Waals surface area contributed by atoms with Gasteiger partial charge in [0.05, 0.1) is 32.4 Å². The van der Waals surface area contributed by atoms with Crippen LogP contribution < -0.4 is 14.2 Å². The van der Waals surface area contributed by atoms with Gasteiger partial charge in [0, 0.05) is 18.7 Å². The lowest BCUT2D eigenvalue weighted by atomic mass is 9.95. The van der Waals surface area contributed by atoms with E-state index in [0.29, 0.717) is 48.1 Å². The van der Waals surface area contributed by atoms with Gasteiger partial charge in [0.1, 0.15) is 11.5 Å². The fourth-order valence-corrected chi connectivity index (χ4v) is 4.38. The number of rotatable bonds is 12. The summed E-state index contributed by atoms with van der Waals surface area (Å²) in [6, 6.07) is 11.4. The van der Waals surface area contributed by atoms with Crippen molar-refractivity contribution >= 4 is 17.4 Å².